The molecule has 0 heterocycles. The molecule has 6 heteroatoms. The molecule has 0 bridgehead atoms. The van der Waals surface area contributed by atoms with E-state index >= 15 is 0 Å². The number of carbonyl (C=O) groups is 1. The van der Waals surface area contributed by atoms with Crippen LogP contribution in [0.1, 0.15) is 42.1 Å². The van der Waals surface area contributed by atoms with E-state index in [1.54, 1.807) is 7.05 Å². The molecule has 1 aromatic carbocycles. The summed E-state index contributed by atoms with van der Waals surface area (Å²) in [5.41, 5.74) is -0.773. The molecule has 0 aliphatic carbocycles. The van der Waals surface area contributed by atoms with Crippen molar-refractivity contribution >= 4 is 21.8 Å². The summed E-state index contributed by atoms with van der Waals surface area (Å²) in [7, 11) is 1.60. The van der Waals surface area contributed by atoms with Crippen LogP contribution < -0.4 is 0 Å². The molecule has 0 atom stereocenters. The molecule has 0 N–H and O–H groups in total. The van der Waals surface area contributed by atoms with Crippen molar-refractivity contribution in [1.29, 1.82) is 0 Å². The van der Waals surface area contributed by atoms with Gasteiger partial charge in [-0.15, -0.1) is 0 Å². The van der Waals surface area contributed by atoms with E-state index in [4.69, 9.17) is 0 Å². The van der Waals surface area contributed by atoms with Gasteiger partial charge in [0.25, 0.3) is 5.91 Å². The van der Waals surface area contributed by atoms with Crippen molar-refractivity contribution in [1.82, 2.24) is 4.90 Å². The standard InChI is InChI=1S/C14H17BrF3NO/c1-3-4-5-8-19(2)13(20)11-9-10(14(16,17)18)6-7-12(11)15/h6-7,9H,3-5,8H2,1-2H3. The van der Waals surface area contributed by atoms with Gasteiger partial charge in [-0.1, -0.05) is 19.8 Å². The highest BCUT2D eigenvalue weighted by Gasteiger charge is 2.31. The lowest BCUT2D eigenvalue weighted by atomic mass is 10.1. The summed E-state index contributed by atoms with van der Waals surface area (Å²) in [5, 5.41) is 0. The SMILES string of the molecule is CCCCCN(C)C(=O)c1cc(C(F)(F)F)ccc1Br. The van der Waals surface area contributed by atoms with Crippen LogP contribution in [-0.4, -0.2) is 24.4 Å². The predicted octanol–water partition coefficient (Wildman–Crippen LogP) is 4.73. The molecule has 1 amide bonds. The summed E-state index contributed by atoms with van der Waals surface area (Å²) < 4.78 is 38.4. The summed E-state index contributed by atoms with van der Waals surface area (Å²) in [4.78, 5) is 13.6. The zero-order chi connectivity index (χ0) is 15.3. The Hall–Kier alpha value is -1.04. The van der Waals surface area contributed by atoms with E-state index in [-0.39, 0.29) is 5.56 Å². The van der Waals surface area contributed by atoms with E-state index in [1.807, 2.05) is 6.92 Å². The normalized spacial score (nSPS) is 11.5. The number of hydrogen-bond acceptors (Lipinski definition) is 1. The first-order valence-electron chi connectivity index (χ1n) is 6.39. The summed E-state index contributed by atoms with van der Waals surface area (Å²) in [6.07, 6.45) is -1.59. The molecular weight excluding hydrogens is 335 g/mol. The van der Waals surface area contributed by atoms with Crippen LogP contribution in [0.15, 0.2) is 22.7 Å². The molecule has 1 rings (SSSR count). The second kappa shape index (κ2) is 7.11. The molecule has 1 aromatic rings. The van der Waals surface area contributed by atoms with Crippen LogP contribution in [0.5, 0.6) is 0 Å². The third-order valence-electron chi connectivity index (χ3n) is 2.97. The van der Waals surface area contributed by atoms with Crippen molar-refractivity contribution in [2.24, 2.45) is 0 Å². The molecule has 0 saturated carbocycles. The second-order valence-electron chi connectivity index (χ2n) is 4.63. The minimum atomic E-state index is -4.45. The molecule has 20 heavy (non-hydrogen) atoms. The van der Waals surface area contributed by atoms with Crippen molar-refractivity contribution in [3.05, 3.63) is 33.8 Å². The van der Waals surface area contributed by atoms with Gasteiger partial charge in [0.2, 0.25) is 0 Å². The summed E-state index contributed by atoms with van der Waals surface area (Å²) in [6.45, 7) is 2.58. The van der Waals surface area contributed by atoms with Gasteiger partial charge in [0.15, 0.2) is 0 Å². The number of hydrogen-bond donors (Lipinski definition) is 0. The van der Waals surface area contributed by atoms with Crippen LogP contribution in [0.2, 0.25) is 0 Å². The van der Waals surface area contributed by atoms with Gasteiger partial charge in [0, 0.05) is 18.1 Å². The maximum absolute atomic E-state index is 12.7. The predicted molar refractivity (Wildman–Crippen MR) is 75.6 cm³/mol. The third-order valence-corrected chi connectivity index (χ3v) is 3.66. The molecule has 0 unspecified atom stereocenters. The molecule has 0 aromatic heterocycles. The maximum atomic E-state index is 12.7. The molecule has 0 saturated heterocycles. The zero-order valence-electron chi connectivity index (χ0n) is 11.4. The zero-order valence-corrected chi connectivity index (χ0v) is 13.0. The number of carbonyl (C=O) groups excluding carboxylic acids is 1. The maximum Gasteiger partial charge on any atom is 0.416 e. The van der Waals surface area contributed by atoms with E-state index in [2.05, 4.69) is 15.9 Å². The molecule has 0 aliphatic rings. The van der Waals surface area contributed by atoms with Gasteiger partial charge in [0.1, 0.15) is 0 Å². The molecule has 0 spiro atoms. The van der Waals surface area contributed by atoms with E-state index in [9.17, 15) is 18.0 Å². The second-order valence-corrected chi connectivity index (χ2v) is 5.48. The van der Waals surface area contributed by atoms with Crippen LogP contribution in [0.25, 0.3) is 0 Å². The van der Waals surface area contributed by atoms with Gasteiger partial charge in [0.05, 0.1) is 11.1 Å². The number of rotatable bonds is 5. The number of nitrogens with zero attached hydrogens (tertiary/aromatic N) is 1. The summed E-state index contributed by atoms with van der Waals surface area (Å²) in [5.74, 6) is -0.404. The van der Waals surface area contributed by atoms with Crippen molar-refractivity contribution in [3.8, 4) is 0 Å². The molecule has 2 nitrogen and oxygen atoms in total. The first-order chi connectivity index (χ1) is 9.27. The van der Waals surface area contributed by atoms with E-state index in [0.717, 1.165) is 31.4 Å². The van der Waals surface area contributed by atoms with Crippen molar-refractivity contribution < 1.29 is 18.0 Å². The Balaban J connectivity index is 2.92. The van der Waals surface area contributed by atoms with E-state index in [0.29, 0.717) is 11.0 Å². The molecular formula is C14H17BrF3NO. The quantitative estimate of drug-likeness (QED) is 0.702. The van der Waals surface area contributed by atoms with Gasteiger partial charge >= 0.3 is 6.18 Å². The minimum absolute atomic E-state index is 0.0406. The topological polar surface area (TPSA) is 20.3 Å². The van der Waals surface area contributed by atoms with Gasteiger partial charge in [-0.05, 0) is 40.5 Å². The van der Waals surface area contributed by atoms with Gasteiger partial charge in [-0.3, -0.25) is 4.79 Å². The number of amides is 1. The molecule has 0 fully saturated rings. The first kappa shape index (κ1) is 17.0. The average Bonchev–Trinajstić information content (AvgIpc) is 2.37. The average molecular weight is 352 g/mol. The fourth-order valence-electron chi connectivity index (χ4n) is 1.77. The van der Waals surface area contributed by atoms with Gasteiger partial charge in [-0.2, -0.15) is 13.2 Å². The Morgan fingerprint density at radius 1 is 1.30 bits per heavy atom. The van der Waals surface area contributed by atoms with Crippen molar-refractivity contribution in [3.63, 3.8) is 0 Å². The largest absolute Gasteiger partial charge is 0.416 e. The van der Waals surface area contributed by atoms with Crippen LogP contribution in [0.4, 0.5) is 13.2 Å². The smallest absolute Gasteiger partial charge is 0.342 e. The first-order valence-corrected chi connectivity index (χ1v) is 7.19. The van der Waals surface area contributed by atoms with Crippen LogP contribution in [-0.2, 0) is 6.18 Å². The van der Waals surface area contributed by atoms with Crippen molar-refractivity contribution in [2.75, 3.05) is 13.6 Å². The summed E-state index contributed by atoms with van der Waals surface area (Å²) >= 11 is 3.13. The van der Waals surface area contributed by atoms with Gasteiger partial charge < -0.3 is 4.90 Å². The molecule has 112 valence electrons. The number of alkyl halides is 3. The fraction of sp³-hybridized carbons (Fsp3) is 0.500. The number of benzene rings is 1. The third kappa shape index (κ3) is 4.51. The Morgan fingerprint density at radius 3 is 2.50 bits per heavy atom. The highest BCUT2D eigenvalue weighted by atomic mass is 79.9. The highest BCUT2D eigenvalue weighted by Crippen LogP contribution is 2.32. The monoisotopic (exact) mass is 351 g/mol. The molecule has 0 aliphatic heterocycles. The van der Waals surface area contributed by atoms with Crippen LogP contribution >= 0.6 is 15.9 Å². The van der Waals surface area contributed by atoms with Crippen LogP contribution in [0.3, 0.4) is 0 Å². The molecule has 0 radical (unpaired) electrons. The number of unbranched alkanes of at least 4 members (excludes halogenated alkanes) is 2. The lowest BCUT2D eigenvalue weighted by Gasteiger charge is -2.18. The Bertz CT molecular complexity index is 474. The summed E-state index contributed by atoms with van der Waals surface area (Å²) in [6, 6.07) is 3.11. The Morgan fingerprint density at radius 2 is 1.95 bits per heavy atom. The number of halogens is 4. The Kier molecular flexibility index (Phi) is 6.05. The van der Waals surface area contributed by atoms with Crippen molar-refractivity contribution in [2.45, 2.75) is 32.4 Å². The lowest BCUT2D eigenvalue weighted by molar-refractivity contribution is -0.137. The van der Waals surface area contributed by atoms with Gasteiger partial charge in [-0.25, -0.2) is 0 Å². The Labute approximate surface area is 125 Å². The lowest BCUT2D eigenvalue weighted by Crippen LogP contribution is -2.28. The van der Waals surface area contributed by atoms with E-state index < -0.39 is 17.6 Å². The highest BCUT2D eigenvalue weighted by molar-refractivity contribution is 9.10. The van der Waals surface area contributed by atoms with Crippen LogP contribution in [0, 0.1) is 0 Å². The van der Waals surface area contributed by atoms with E-state index in [1.165, 1.54) is 11.0 Å². The minimum Gasteiger partial charge on any atom is -0.342 e. The fourth-order valence-corrected chi connectivity index (χ4v) is 2.19.